The van der Waals surface area contributed by atoms with Crippen LogP contribution in [0, 0.1) is 19.7 Å². The minimum Gasteiger partial charge on any atom is -0.392 e. The summed E-state index contributed by atoms with van der Waals surface area (Å²) in [5.41, 5.74) is 2.95. The number of hydrogen-bond donors (Lipinski definition) is 1. The lowest BCUT2D eigenvalue weighted by Crippen LogP contribution is -2.49. The van der Waals surface area contributed by atoms with Gasteiger partial charge in [-0.05, 0) is 38.0 Å². The largest absolute Gasteiger partial charge is 0.392 e. The number of hydrogen-bond acceptors (Lipinski definition) is 5. The van der Waals surface area contributed by atoms with Gasteiger partial charge in [0.15, 0.2) is 0 Å². The van der Waals surface area contributed by atoms with Crippen LogP contribution in [0.4, 0.5) is 10.2 Å². The molecule has 1 aliphatic rings. The fraction of sp³-hybridized carbons (Fsp3) is 0.565. The molecule has 0 saturated carbocycles. The summed E-state index contributed by atoms with van der Waals surface area (Å²) < 4.78 is 13.6. The van der Waals surface area contributed by atoms with Crippen molar-refractivity contribution in [1.82, 2.24) is 14.9 Å². The number of anilines is 1. The highest BCUT2D eigenvalue weighted by Gasteiger charge is 2.23. The molecule has 1 saturated heterocycles. The highest BCUT2D eigenvalue weighted by Crippen LogP contribution is 2.25. The molecule has 3 rings (SSSR count). The Labute approximate surface area is 173 Å². The average Bonchev–Trinajstić information content (AvgIpc) is 2.69. The number of halogens is 1. The van der Waals surface area contributed by atoms with Crippen LogP contribution in [0.15, 0.2) is 24.3 Å². The van der Waals surface area contributed by atoms with Crippen molar-refractivity contribution in [1.29, 1.82) is 0 Å². The van der Waals surface area contributed by atoms with Crippen LogP contribution in [0.5, 0.6) is 0 Å². The van der Waals surface area contributed by atoms with Crippen molar-refractivity contribution in [2.75, 3.05) is 37.6 Å². The topological polar surface area (TPSA) is 52.5 Å². The predicted molar refractivity (Wildman–Crippen MR) is 115 cm³/mol. The van der Waals surface area contributed by atoms with Crippen LogP contribution in [-0.2, 0) is 6.42 Å². The van der Waals surface area contributed by atoms with Crippen molar-refractivity contribution in [2.24, 2.45) is 0 Å². The van der Waals surface area contributed by atoms with Crippen LogP contribution in [0.25, 0.3) is 0 Å². The molecule has 1 aliphatic heterocycles. The van der Waals surface area contributed by atoms with E-state index in [9.17, 15) is 9.50 Å². The molecule has 0 radical (unpaired) electrons. The van der Waals surface area contributed by atoms with E-state index < -0.39 is 0 Å². The summed E-state index contributed by atoms with van der Waals surface area (Å²) in [6, 6.07) is 6.74. The predicted octanol–water partition coefficient (Wildman–Crippen LogP) is 3.50. The number of aliphatic hydroxyl groups is 1. The van der Waals surface area contributed by atoms with Gasteiger partial charge >= 0.3 is 0 Å². The fourth-order valence-electron chi connectivity index (χ4n) is 4.01. The number of nitrogens with zero attached hydrogens (tertiary/aromatic N) is 4. The van der Waals surface area contributed by atoms with Gasteiger partial charge in [0.2, 0.25) is 0 Å². The highest BCUT2D eigenvalue weighted by atomic mass is 19.1. The minimum atomic E-state index is -0.242. The zero-order chi connectivity index (χ0) is 20.8. The summed E-state index contributed by atoms with van der Waals surface area (Å²) in [5, 5.41) is 10.2. The first-order chi connectivity index (χ1) is 14.0. The first-order valence-electron chi connectivity index (χ1n) is 10.7. The van der Waals surface area contributed by atoms with Crippen LogP contribution in [0.2, 0.25) is 0 Å². The number of aryl methyl sites for hydroxylation is 2. The van der Waals surface area contributed by atoms with E-state index in [1.165, 1.54) is 6.07 Å². The number of unbranched alkanes of at least 4 members (excludes halogenated alkanes) is 1. The second kappa shape index (κ2) is 10.1. The lowest BCUT2D eigenvalue weighted by Gasteiger charge is -2.37. The Morgan fingerprint density at radius 2 is 1.90 bits per heavy atom. The molecule has 2 aromatic rings. The van der Waals surface area contributed by atoms with E-state index in [4.69, 9.17) is 4.98 Å². The van der Waals surface area contributed by atoms with Crippen molar-refractivity contribution in [3.63, 3.8) is 0 Å². The summed E-state index contributed by atoms with van der Waals surface area (Å²) in [6.45, 7) is 10.4. The van der Waals surface area contributed by atoms with Gasteiger partial charge in [0.05, 0.1) is 6.10 Å². The van der Waals surface area contributed by atoms with Gasteiger partial charge in [-0.3, -0.25) is 4.90 Å². The molecule has 0 amide bonds. The first kappa shape index (κ1) is 21.7. The molecule has 1 aromatic carbocycles. The molecule has 0 aliphatic carbocycles. The molecular weight excluding hydrogens is 367 g/mol. The van der Waals surface area contributed by atoms with Crippen LogP contribution in [0.3, 0.4) is 0 Å². The first-order valence-corrected chi connectivity index (χ1v) is 10.7. The maximum atomic E-state index is 13.6. The Morgan fingerprint density at radius 3 is 2.59 bits per heavy atom. The van der Waals surface area contributed by atoms with Gasteiger partial charge in [-0.15, -0.1) is 0 Å². The van der Waals surface area contributed by atoms with E-state index in [1.54, 1.807) is 12.1 Å². The normalized spacial score (nSPS) is 16.2. The molecule has 1 fully saturated rings. The number of piperazine rings is 1. The van der Waals surface area contributed by atoms with Gasteiger partial charge in [0, 0.05) is 50.4 Å². The Morgan fingerprint density at radius 1 is 1.14 bits per heavy atom. The van der Waals surface area contributed by atoms with E-state index in [1.807, 2.05) is 19.9 Å². The molecule has 1 aromatic heterocycles. The van der Waals surface area contributed by atoms with Gasteiger partial charge < -0.3 is 10.0 Å². The molecule has 0 bridgehead atoms. The third-order valence-electron chi connectivity index (χ3n) is 5.61. The monoisotopic (exact) mass is 400 g/mol. The molecule has 0 unspecified atom stereocenters. The van der Waals surface area contributed by atoms with E-state index in [-0.39, 0.29) is 11.9 Å². The molecule has 2 heterocycles. The number of rotatable bonds is 8. The number of aliphatic hydroxyl groups excluding tert-OH is 1. The van der Waals surface area contributed by atoms with Crippen molar-refractivity contribution in [2.45, 2.75) is 52.6 Å². The maximum Gasteiger partial charge on any atom is 0.136 e. The average molecular weight is 401 g/mol. The van der Waals surface area contributed by atoms with E-state index in [0.29, 0.717) is 6.42 Å². The summed E-state index contributed by atoms with van der Waals surface area (Å²) in [5.74, 6) is 1.51. The molecule has 5 nitrogen and oxygen atoms in total. The molecule has 29 heavy (non-hydrogen) atoms. The maximum absolute atomic E-state index is 13.6. The Bertz CT molecular complexity index is 805. The van der Waals surface area contributed by atoms with Crippen molar-refractivity contribution >= 4 is 5.82 Å². The SMILES string of the molecule is CCCC[C@H](O)CN1CCN(c2nc(C)nc(C)c2Cc2cccc(F)c2)CC1. The van der Waals surface area contributed by atoms with Crippen molar-refractivity contribution < 1.29 is 9.50 Å². The second-order valence-electron chi connectivity index (χ2n) is 8.05. The molecule has 158 valence electrons. The smallest absolute Gasteiger partial charge is 0.136 e. The molecule has 1 atom stereocenters. The van der Waals surface area contributed by atoms with Gasteiger partial charge in [0.1, 0.15) is 17.5 Å². The summed E-state index contributed by atoms with van der Waals surface area (Å²) in [6.07, 6.45) is 3.44. The lowest BCUT2D eigenvalue weighted by atomic mass is 10.0. The zero-order valence-corrected chi connectivity index (χ0v) is 17.9. The summed E-state index contributed by atoms with van der Waals surface area (Å²) >= 11 is 0. The Kier molecular flexibility index (Phi) is 7.56. The molecule has 1 N–H and O–H groups in total. The Hall–Kier alpha value is -2.05. The van der Waals surface area contributed by atoms with Crippen molar-refractivity contribution in [3.8, 4) is 0 Å². The standard InChI is InChI=1S/C23H33FN4O/c1-4-5-9-21(29)16-27-10-12-28(13-11-27)23-22(17(2)25-18(3)26-23)15-19-7-6-8-20(24)14-19/h6-8,14,21,29H,4-5,9-13,15-16H2,1-3H3/t21-/m0/s1. The van der Waals surface area contributed by atoms with E-state index in [0.717, 1.165) is 80.4 Å². The quantitative estimate of drug-likeness (QED) is 0.735. The van der Waals surface area contributed by atoms with Gasteiger partial charge in [-0.2, -0.15) is 0 Å². The lowest BCUT2D eigenvalue weighted by molar-refractivity contribution is 0.100. The summed E-state index contributed by atoms with van der Waals surface area (Å²) in [7, 11) is 0. The third kappa shape index (κ3) is 5.97. The minimum absolute atomic E-state index is 0.218. The van der Waals surface area contributed by atoms with Crippen molar-refractivity contribution in [3.05, 3.63) is 52.7 Å². The molecular formula is C23H33FN4O. The van der Waals surface area contributed by atoms with E-state index in [2.05, 4.69) is 21.7 Å². The van der Waals surface area contributed by atoms with E-state index >= 15 is 0 Å². The third-order valence-corrected chi connectivity index (χ3v) is 5.61. The van der Waals surface area contributed by atoms with Gasteiger partial charge in [-0.25, -0.2) is 14.4 Å². The zero-order valence-electron chi connectivity index (χ0n) is 17.9. The van der Waals surface area contributed by atoms with Crippen LogP contribution in [0.1, 0.15) is 48.8 Å². The molecule has 0 spiro atoms. The van der Waals surface area contributed by atoms with Crippen LogP contribution < -0.4 is 4.90 Å². The molecule has 6 heteroatoms. The van der Waals surface area contributed by atoms with Crippen LogP contribution in [-0.4, -0.2) is 58.8 Å². The number of aromatic nitrogens is 2. The fourth-order valence-corrected chi connectivity index (χ4v) is 4.01. The van der Waals surface area contributed by atoms with Crippen LogP contribution >= 0.6 is 0 Å². The summed E-state index contributed by atoms with van der Waals surface area (Å²) in [4.78, 5) is 14.0. The number of benzene rings is 1. The second-order valence-corrected chi connectivity index (χ2v) is 8.05. The van der Waals surface area contributed by atoms with Gasteiger partial charge in [0.25, 0.3) is 0 Å². The highest BCUT2D eigenvalue weighted by molar-refractivity contribution is 5.51. The van der Waals surface area contributed by atoms with Gasteiger partial charge in [-0.1, -0.05) is 31.9 Å². The number of β-amino-alcohol motifs (C(OH)–C–C–N with tert-alkyl or cyclic N) is 1. The Balaban J connectivity index is 1.70.